The van der Waals surface area contributed by atoms with E-state index in [0.717, 1.165) is 0 Å². The Kier molecular flexibility index (Phi) is 5.47. The predicted octanol–water partition coefficient (Wildman–Crippen LogP) is 1.88. The fourth-order valence-corrected chi connectivity index (χ4v) is 1.84. The summed E-state index contributed by atoms with van der Waals surface area (Å²) in [5.41, 5.74) is 0.0594. The second kappa shape index (κ2) is 6.65. The van der Waals surface area contributed by atoms with Crippen LogP contribution in [0.4, 0.5) is 0 Å². The summed E-state index contributed by atoms with van der Waals surface area (Å²) in [6, 6.07) is 3.48. The van der Waals surface area contributed by atoms with Gasteiger partial charge >= 0.3 is 0 Å². The molecular weight excluding hydrogens is 310 g/mol. The molecule has 2 N–H and O–H groups in total. The van der Waals surface area contributed by atoms with Crippen LogP contribution in [0.3, 0.4) is 0 Å². The minimum absolute atomic E-state index is 0.0899. The summed E-state index contributed by atoms with van der Waals surface area (Å²) in [4.78, 5) is 27.3. The zero-order chi connectivity index (χ0) is 14.5. The lowest BCUT2D eigenvalue weighted by atomic mass is 10.1. The second-order valence-corrected chi connectivity index (χ2v) is 5.99. The Hall–Kier alpha value is -1.43. The molecule has 6 heteroatoms. The van der Waals surface area contributed by atoms with E-state index in [2.05, 4.69) is 31.5 Å². The Morgan fingerprint density at radius 1 is 1.37 bits per heavy atom. The van der Waals surface area contributed by atoms with Gasteiger partial charge in [-0.05, 0) is 48.8 Å². The number of pyridine rings is 1. The molecule has 0 aromatic carbocycles. The Labute approximate surface area is 121 Å². The van der Waals surface area contributed by atoms with Crippen LogP contribution in [-0.2, 0) is 4.79 Å². The highest BCUT2D eigenvalue weighted by Gasteiger charge is 2.14. The quantitative estimate of drug-likeness (QED) is 0.886. The molecule has 0 bridgehead atoms. The van der Waals surface area contributed by atoms with Crippen molar-refractivity contribution in [2.24, 2.45) is 0 Å². The Morgan fingerprint density at radius 2 is 2.05 bits per heavy atom. The third-order valence-corrected chi connectivity index (χ3v) is 2.77. The van der Waals surface area contributed by atoms with E-state index in [1.54, 1.807) is 18.3 Å². The van der Waals surface area contributed by atoms with Gasteiger partial charge in [-0.25, -0.2) is 4.98 Å². The van der Waals surface area contributed by atoms with Gasteiger partial charge in [-0.3, -0.25) is 9.59 Å². The molecule has 0 aliphatic carbocycles. The minimum atomic E-state index is -0.295. The van der Waals surface area contributed by atoms with Gasteiger partial charge in [-0.1, -0.05) is 0 Å². The van der Waals surface area contributed by atoms with Crippen LogP contribution >= 0.6 is 15.9 Å². The van der Waals surface area contributed by atoms with Crippen LogP contribution in [0.1, 0.15) is 37.7 Å². The molecule has 19 heavy (non-hydrogen) atoms. The maximum atomic E-state index is 11.8. The largest absolute Gasteiger partial charge is 0.351 e. The lowest BCUT2D eigenvalue weighted by Gasteiger charge is -2.20. The van der Waals surface area contributed by atoms with E-state index < -0.39 is 0 Å². The maximum absolute atomic E-state index is 11.8. The van der Waals surface area contributed by atoms with E-state index in [4.69, 9.17) is 0 Å². The highest BCUT2D eigenvalue weighted by Crippen LogP contribution is 2.12. The fourth-order valence-electron chi connectivity index (χ4n) is 1.41. The molecule has 1 aromatic heterocycles. The minimum Gasteiger partial charge on any atom is -0.351 e. The smallest absolute Gasteiger partial charge is 0.271 e. The standard InChI is InChI=1S/C13H18BrN3O2/c1-13(2,3)17-10(18)6-8-16-12(19)11-9(14)5-4-7-15-11/h4-5,7H,6,8H2,1-3H3,(H,16,19)(H,17,18). The maximum Gasteiger partial charge on any atom is 0.271 e. The first-order chi connectivity index (χ1) is 8.79. The summed E-state index contributed by atoms with van der Waals surface area (Å²) in [6.07, 6.45) is 1.79. The van der Waals surface area contributed by atoms with Crippen LogP contribution in [0, 0.1) is 0 Å². The molecular formula is C13H18BrN3O2. The van der Waals surface area contributed by atoms with Crippen molar-refractivity contribution in [3.63, 3.8) is 0 Å². The summed E-state index contributed by atoms with van der Waals surface area (Å²) in [5.74, 6) is -0.385. The number of aromatic nitrogens is 1. The zero-order valence-electron chi connectivity index (χ0n) is 11.3. The van der Waals surface area contributed by atoms with E-state index in [-0.39, 0.29) is 30.3 Å². The van der Waals surface area contributed by atoms with E-state index in [1.807, 2.05) is 20.8 Å². The summed E-state index contributed by atoms with van der Waals surface area (Å²) < 4.78 is 0.631. The van der Waals surface area contributed by atoms with E-state index >= 15 is 0 Å². The molecule has 1 heterocycles. The van der Waals surface area contributed by atoms with Gasteiger partial charge in [-0.2, -0.15) is 0 Å². The highest BCUT2D eigenvalue weighted by atomic mass is 79.9. The van der Waals surface area contributed by atoms with E-state index in [9.17, 15) is 9.59 Å². The van der Waals surface area contributed by atoms with Crippen molar-refractivity contribution in [2.45, 2.75) is 32.7 Å². The predicted molar refractivity (Wildman–Crippen MR) is 76.8 cm³/mol. The molecule has 0 saturated heterocycles. The van der Waals surface area contributed by atoms with Crippen molar-refractivity contribution in [1.82, 2.24) is 15.6 Å². The lowest BCUT2D eigenvalue weighted by molar-refractivity contribution is -0.122. The van der Waals surface area contributed by atoms with Gasteiger partial charge in [0.15, 0.2) is 0 Å². The summed E-state index contributed by atoms with van der Waals surface area (Å²) >= 11 is 3.25. The number of amides is 2. The number of rotatable bonds is 4. The summed E-state index contributed by atoms with van der Waals surface area (Å²) in [5, 5.41) is 5.49. The SMILES string of the molecule is CC(C)(C)NC(=O)CCNC(=O)c1ncccc1Br. The normalized spacial score (nSPS) is 10.9. The van der Waals surface area contributed by atoms with Gasteiger partial charge in [0, 0.05) is 29.2 Å². The molecule has 104 valence electrons. The number of carbonyl (C=O) groups excluding carboxylic acids is 2. The summed E-state index contributed by atoms with van der Waals surface area (Å²) in [7, 11) is 0. The van der Waals surface area contributed by atoms with Gasteiger partial charge in [-0.15, -0.1) is 0 Å². The fraction of sp³-hybridized carbons (Fsp3) is 0.462. The molecule has 1 aromatic rings. The van der Waals surface area contributed by atoms with Crippen LogP contribution in [0.2, 0.25) is 0 Å². The second-order valence-electron chi connectivity index (χ2n) is 5.14. The van der Waals surface area contributed by atoms with E-state index in [1.165, 1.54) is 0 Å². The zero-order valence-corrected chi connectivity index (χ0v) is 12.9. The average Bonchev–Trinajstić information content (AvgIpc) is 2.26. The third kappa shape index (κ3) is 5.83. The molecule has 2 amide bonds. The number of nitrogens with zero attached hydrogens (tertiary/aromatic N) is 1. The number of carbonyl (C=O) groups is 2. The van der Waals surface area contributed by atoms with Crippen molar-refractivity contribution in [2.75, 3.05) is 6.54 Å². The Morgan fingerprint density at radius 3 is 2.63 bits per heavy atom. The lowest BCUT2D eigenvalue weighted by Crippen LogP contribution is -2.42. The Balaban J connectivity index is 2.40. The van der Waals surface area contributed by atoms with Crippen molar-refractivity contribution >= 4 is 27.7 Å². The van der Waals surface area contributed by atoms with Crippen molar-refractivity contribution in [3.8, 4) is 0 Å². The molecule has 0 aliphatic heterocycles. The van der Waals surface area contributed by atoms with Crippen molar-refractivity contribution < 1.29 is 9.59 Å². The van der Waals surface area contributed by atoms with Gasteiger partial charge < -0.3 is 10.6 Å². The van der Waals surface area contributed by atoms with Crippen molar-refractivity contribution in [3.05, 3.63) is 28.5 Å². The van der Waals surface area contributed by atoms with Gasteiger partial charge in [0.1, 0.15) is 5.69 Å². The first kappa shape index (κ1) is 15.6. The number of nitrogens with one attached hydrogen (secondary N) is 2. The topological polar surface area (TPSA) is 71.1 Å². The van der Waals surface area contributed by atoms with E-state index in [0.29, 0.717) is 10.2 Å². The molecule has 0 radical (unpaired) electrons. The molecule has 0 atom stereocenters. The Bertz CT molecular complexity index is 469. The van der Waals surface area contributed by atoms with Gasteiger partial charge in [0.2, 0.25) is 5.91 Å². The van der Waals surface area contributed by atoms with Crippen LogP contribution in [0.5, 0.6) is 0 Å². The molecule has 0 fully saturated rings. The number of hydrogen-bond acceptors (Lipinski definition) is 3. The van der Waals surface area contributed by atoms with Crippen LogP contribution in [0.15, 0.2) is 22.8 Å². The molecule has 0 saturated carbocycles. The summed E-state index contributed by atoms with van der Waals surface area (Å²) in [6.45, 7) is 6.02. The molecule has 0 aliphatic rings. The average molecular weight is 328 g/mol. The number of hydrogen-bond donors (Lipinski definition) is 2. The van der Waals surface area contributed by atoms with Crippen molar-refractivity contribution in [1.29, 1.82) is 0 Å². The molecule has 0 spiro atoms. The van der Waals surface area contributed by atoms with Gasteiger partial charge in [0.25, 0.3) is 5.91 Å². The molecule has 0 unspecified atom stereocenters. The number of halogens is 1. The van der Waals surface area contributed by atoms with Crippen LogP contribution in [-0.4, -0.2) is 28.9 Å². The highest BCUT2D eigenvalue weighted by molar-refractivity contribution is 9.10. The molecule has 1 rings (SSSR count). The van der Waals surface area contributed by atoms with Crippen LogP contribution < -0.4 is 10.6 Å². The van der Waals surface area contributed by atoms with Gasteiger partial charge in [0.05, 0.1) is 0 Å². The first-order valence-electron chi connectivity index (χ1n) is 5.99. The molecule has 5 nitrogen and oxygen atoms in total. The monoisotopic (exact) mass is 327 g/mol. The third-order valence-electron chi connectivity index (χ3n) is 2.13. The first-order valence-corrected chi connectivity index (χ1v) is 6.78. The van der Waals surface area contributed by atoms with Crippen LogP contribution in [0.25, 0.3) is 0 Å².